The molecule has 0 spiro atoms. The highest BCUT2D eigenvalue weighted by Crippen LogP contribution is 2.32. The zero-order valence-electron chi connectivity index (χ0n) is 7.29. The van der Waals surface area contributed by atoms with Crippen LogP contribution in [-0.4, -0.2) is 11.2 Å². The summed E-state index contributed by atoms with van der Waals surface area (Å²) in [6.45, 7) is 4.81. The second-order valence-corrected chi connectivity index (χ2v) is 3.20. The van der Waals surface area contributed by atoms with Gasteiger partial charge in [-0.1, -0.05) is 6.58 Å². The van der Waals surface area contributed by atoms with Gasteiger partial charge in [-0.3, -0.25) is 0 Å². The molecule has 0 aliphatic carbocycles. The minimum atomic E-state index is 0.130. The summed E-state index contributed by atoms with van der Waals surface area (Å²) in [4.78, 5) is 0. The first-order valence-electron chi connectivity index (χ1n) is 4.19. The van der Waals surface area contributed by atoms with Gasteiger partial charge in [0.2, 0.25) is 0 Å². The maximum atomic E-state index is 5.57. The molecule has 1 aromatic heterocycles. The quantitative estimate of drug-likeness (QED) is 0.578. The van der Waals surface area contributed by atoms with Crippen molar-refractivity contribution in [3.63, 3.8) is 0 Å². The lowest BCUT2D eigenvalue weighted by atomic mass is 10.1. The highest BCUT2D eigenvalue weighted by molar-refractivity contribution is 5.21. The highest BCUT2D eigenvalue weighted by atomic mass is 16.5. The van der Waals surface area contributed by atoms with E-state index in [4.69, 9.17) is 4.74 Å². The van der Waals surface area contributed by atoms with Crippen molar-refractivity contribution in [2.75, 3.05) is 6.61 Å². The molecule has 0 amide bonds. The van der Waals surface area contributed by atoms with Crippen molar-refractivity contribution >= 4 is 0 Å². The van der Waals surface area contributed by atoms with Gasteiger partial charge in [-0.25, -0.2) is 0 Å². The first kappa shape index (κ1) is 7.62. The van der Waals surface area contributed by atoms with Crippen molar-refractivity contribution in [3.05, 3.63) is 36.2 Å². The minimum absolute atomic E-state index is 0.130. The summed E-state index contributed by atoms with van der Waals surface area (Å²) in [6, 6.07) is 4.12. The molecule has 0 saturated carbocycles. The van der Waals surface area contributed by atoms with Crippen LogP contribution in [0.1, 0.15) is 18.2 Å². The van der Waals surface area contributed by atoms with E-state index in [-0.39, 0.29) is 6.10 Å². The normalized spacial score (nSPS) is 23.4. The molecular formula is C10H13NO. The van der Waals surface area contributed by atoms with Gasteiger partial charge in [0.05, 0.1) is 12.3 Å². The Morgan fingerprint density at radius 2 is 2.50 bits per heavy atom. The topological polar surface area (TPSA) is 14.2 Å². The number of aryl methyl sites for hydroxylation is 1. The van der Waals surface area contributed by atoms with Crippen molar-refractivity contribution in [1.29, 1.82) is 0 Å². The molecule has 0 radical (unpaired) electrons. The Morgan fingerprint density at radius 3 is 3.00 bits per heavy atom. The predicted octanol–water partition coefficient (Wildman–Crippen LogP) is 2.04. The molecule has 12 heavy (non-hydrogen) atoms. The van der Waals surface area contributed by atoms with Crippen LogP contribution >= 0.6 is 0 Å². The van der Waals surface area contributed by atoms with Crippen molar-refractivity contribution in [2.45, 2.75) is 12.5 Å². The zero-order chi connectivity index (χ0) is 8.55. The largest absolute Gasteiger partial charge is 0.367 e. The van der Waals surface area contributed by atoms with Crippen LogP contribution in [0, 0.1) is 0 Å². The van der Waals surface area contributed by atoms with E-state index in [0.29, 0.717) is 0 Å². The van der Waals surface area contributed by atoms with E-state index < -0.39 is 0 Å². The van der Waals surface area contributed by atoms with E-state index >= 15 is 0 Å². The van der Waals surface area contributed by atoms with E-state index in [9.17, 15) is 0 Å². The molecule has 1 unspecified atom stereocenters. The lowest BCUT2D eigenvalue weighted by molar-refractivity contribution is 0.120. The molecule has 2 heterocycles. The van der Waals surface area contributed by atoms with Crippen LogP contribution in [0.15, 0.2) is 30.5 Å². The van der Waals surface area contributed by atoms with Crippen molar-refractivity contribution in [2.24, 2.45) is 7.05 Å². The third kappa shape index (κ3) is 1.08. The Labute approximate surface area is 72.5 Å². The zero-order valence-corrected chi connectivity index (χ0v) is 7.29. The molecule has 1 fully saturated rings. The van der Waals surface area contributed by atoms with E-state index in [2.05, 4.69) is 17.2 Å². The standard InChI is InChI=1S/C10H13NO/c1-8-5-7-12-10(8)9-4-3-6-11(9)2/h3-4,6,10H,1,5,7H2,2H3. The Kier molecular flexibility index (Phi) is 1.77. The molecule has 2 nitrogen and oxygen atoms in total. The van der Waals surface area contributed by atoms with Gasteiger partial charge >= 0.3 is 0 Å². The molecule has 2 rings (SSSR count). The molecule has 1 aliphatic rings. The lowest BCUT2D eigenvalue weighted by Gasteiger charge is -2.11. The van der Waals surface area contributed by atoms with E-state index in [1.165, 1.54) is 11.3 Å². The van der Waals surface area contributed by atoms with Crippen LogP contribution in [0.25, 0.3) is 0 Å². The fourth-order valence-electron chi connectivity index (χ4n) is 1.60. The maximum Gasteiger partial charge on any atom is 0.118 e. The number of ether oxygens (including phenoxy) is 1. The summed E-state index contributed by atoms with van der Waals surface area (Å²) in [5.74, 6) is 0. The molecule has 0 N–H and O–H groups in total. The predicted molar refractivity (Wildman–Crippen MR) is 47.9 cm³/mol. The van der Waals surface area contributed by atoms with Crippen LogP contribution in [0.4, 0.5) is 0 Å². The maximum absolute atomic E-state index is 5.57. The van der Waals surface area contributed by atoms with Gasteiger partial charge in [0.1, 0.15) is 6.10 Å². The second kappa shape index (κ2) is 2.79. The summed E-state index contributed by atoms with van der Waals surface area (Å²) in [5, 5.41) is 0. The van der Waals surface area contributed by atoms with Gasteiger partial charge in [0, 0.05) is 13.2 Å². The third-order valence-electron chi connectivity index (χ3n) is 2.33. The first-order valence-corrected chi connectivity index (χ1v) is 4.19. The highest BCUT2D eigenvalue weighted by Gasteiger charge is 2.23. The fraction of sp³-hybridized carbons (Fsp3) is 0.400. The molecule has 0 aromatic carbocycles. The molecule has 1 saturated heterocycles. The summed E-state index contributed by atoms with van der Waals surface area (Å²) >= 11 is 0. The first-order chi connectivity index (χ1) is 5.79. The average molecular weight is 163 g/mol. The van der Waals surface area contributed by atoms with Crippen molar-refractivity contribution in [1.82, 2.24) is 4.57 Å². The molecule has 64 valence electrons. The van der Waals surface area contributed by atoms with E-state index in [1.807, 2.05) is 19.3 Å². The van der Waals surface area contributed by atoms with Crippen molar-refractivity contribution < 1.29 is 4.74 Å². The number of hydrogen-bond acceptors (Lipinski definition) is 1. The molecule has 1 aliphatic heterocycles. The van der Waals surface area contributed by atoms with Gasteiger partial charge in [-0.05, 0) is 24.1 Å². The number of hydrogen-bond donors (Lipinski definition) is 0. The summed E-state index contributed by atoms with van der Waals surface area (Å²) in [7, 11) is 2.03. The summed E-state index contributed by atoms with van der Waals surface area (Å²) in [5.41, 5.74) is 2.40. The Morgan fingerprint density at radius 1 is 1.67 bits per heavy atom. The van der Waals surface area contributed by atoms with Crippen LogP contribution in [-0.2, 0) is 11.8 Å². The fourth-order valence-corrected chi connectivity index (χ4v) is 1.60. The van der Waals surface area contributed by atoms with Crippen LogP contribution in [0.2, 0.25) is 0 Å². The molecule has 1 atom stereocenters. The number of nitrogens with zero attached hydrogens (tertiary/aromatic N) is 1. The van der Waals surface area contributed by atoms with Crippen LogP contribution in [0.3, 0.4) is 0 Å². The van der Waals surface area contributed by atoms with Gasteiger partial charge in [-0.2, -0.15) is 0 Å². The van der Waals surface area contributed by atoms with E-state index in [1.54, 1.807) is 0 Å². The minimum Gasteiger partial charge on any atom is -0.367 e. The summed E-state index contributed by atoms with van der Waals surface area (Å²) in [6.07, 6.45) is 3.16. The smallest absolute Gasteiger partial charge is 0.118 e. The Bertz CT molecular complexity index is 301. The van der Waals surface area contributed by atoms with Crippen LogP contribution < -0.4 is 0 Å². The van der Waals surface area contributed by atoms with Gasteiger partial charge < -0.3 is 9.30 Å². The van der Waals surface area contributed by atoms with Crippen molar-refractivity contribution in [3.8, 4) is 0 Å². The monoisotopic (exact) mass is 163 g/mol. The van der Waals surface area contributed by atoms with Gasteiger partial charge in [-0.15, -0.1) is 0 Å². The average Bonchev–Trinajstić information content (AvgIpc) is 2.59. The second-order valence-electron chi connectivity index (χ2n) is 3.20. The SMILES string of the molecule is C=C1CCOC1c1cccn1C. The number of rotatable bonds is 1. The molecular weight excluding hydrogens is 150 g/mol. The summed E-state index contributed by atoms with van der Waals surface area (Å²) < 4.78 is 7.65. The molecule has 0 bridgehead atoms. The molecule has 2 heteroatoms. The van der Waals surface area contributed by atoms with Crippen LogP contribution in [0.5, 0.6) is 0 Å². The van der Waals surface area contributed by atoms with E-state index in [0.717, 1.165) is 13.0 Å². The van der Waals surface area contributed by atoms with Gasteiger partial charge in [0.15, 0.2) is 0 Å². The lowest BCUT2D eigenvalue weighted by Crippen LogP contribution is -2.03. The molecule has 1 aromatic rings. The van der Waals surface area contributed by atoms with Gasteiger partial charge in [0.25, 0.3) is 0 Å². The Hall–Kier alpha value is -1.02. The number of aromatic nitrogens is 1. The Balaban J connectivity index is 2.30. The third-order valence-corrected chi connectivity index (χ3v) is 2.33.